The number of hydrogen-bond donors (Lipinski definition) is 2. The SMILES string of the molecule is NCC12CCC(C1)C1CNCC12. The summed E-state index contributed by atoms with van der Waals surface area (Å²) in [6, 6.07) is 0. The summed E-state index contributed by atoms with van der Waals surface area (Å²) >= 11 is 0. The van der Waals surface area contributed by atoms with Gasteiger partial charge in [-0.15, -0.1) is 0 Å². The van der Waals surface area contributed by atoms with E-state index in [-0.39, 0.29) is 0 Å². The van der Waals surface area contributed by atoms with Gasteiger partial charge in [0.15, 0.2) is 0 Å². The van der Waals surface area contributed by atoms with Crippen molar-refractivity contribution >= 4 is 0 Å². The fourth-order valence-electron chi connectivity index (χ4n) is 4.10. The fraction of sp³-hybridized carbons (Fsp3) is 1.00. The third-order valence-corrected chi connectivity index (χ3v) is 4.74. The lowest BCUT2D eigenvalue weighted by atomic mass is 9.72. The summed E-state index contributed by atoms with van der Waals surface area (Å²) in [5, 5.41) is 3.53. The molecule has 4 unspecified atom stereocenters. The van der Waals surface area contributed by atoms with Gasteiger partial charge in [-0.2, -0.15) is 0 Å². The molecule has 12 heavy (non-hydrogen) atoms. The van der Waals surface area contributed by atoms with Crippen LogP contribution in [0.1, 0.15) is 19.3 Å². The van der Waals surface area contributed by atoms with Crippen molar-refractivity contribution in [2.24, 2.45) is 28.9 Å². The molecule has 2 nitrogen and oxygen atoms in total. The summed E-state index contributed by atoms with van der Waals surface area (Å²) < 4.78 is 0. The van der Waals surface area contributed by atoms with E-state index in [9.17, 15) is 0 Å². The highest BCUT2D eigenvalue weighted by Crippen LogP contribution is 2.60. The predicted molar refractivity (Wildman–Crippen MR) is 48.7 cm³/mol. The van der Waals surface area contributed by atoms with Gasteiger partial charge in [0.2, 0.25) is 0 Å². The molecule has 2 aliphatic carbocycles. The minimum Gasteiger partial charge on any atom is -0.330 e. The van der Waals surface area contributed by atoms with Crippen molar-refractivity contribution in [3.05, 3.63) is 0 Å². The molecule has 0 spiro atoms. The second-order valence-electron chi connectivity index (χ2n) is 5.00. The Bertz CT molecular complexity index is 204. The first-order valence-electron chi connectivity index (χ1n) is 5.26. The van der Waals surface area contributed by atoms with E-state index in [0.29, 0.717) is 5.41 Å². The molecule has 0 amide bonds. The van der Waals surface area contributed by atoms with Crippen LogP contribution in [-0.2, 0) is 0 Å². The Kier molecular flexibility index (Phi) is 1.37. The van der Waals surface area contributed by atoms with E-state index < -0.39 is 0 Å². The molecule has 4 atom stereocenters. The van der Waals surface area contributed by atoms with E-state index in [2.05, 4.69) is 5.32 Å². The van der Waals surface area contributed by atoms with Crippen LogP contribution in [-0.4, -0.2) is 19.6 Å². The zero-order valence-electron chi connectivity index (χ0n) is 7.55. The lowest BCUT2D eigenvalue weighted by Crippen LogP contribution is -2.37. The summed E-state index contributed by atoms with van der Waals surface area (Å²) in [5.74, 6) is 2.94. The number of fused-ring (bicyclic) bond motifs is 5. The first kappa shape index (κ1) is 7.34. The van der Waals surface area contributed by atoms with Gasteiger partial charge >= 0.3 is 0 Å². The second kappa shape index (κ2) is 2.24. The average Bonchev–Trinajstić information content (AvgIpc) is 2.76. The Hall–Kier alpha value is -0.0800. The van der Waals surface area contributed by atoms with Crippen molar-refractivity contribution in [1.82, 2.24) is 5.32 Å². The van der Waals surface area contributed by atoms with Crippen molar-refractivity contribution in [3.63, 3.8) is 0 Å². The standard InChI is InChI=1S/C10H18N2/c11-6-10-2-1-7(3-10)8-4-12-5-9(8)10/h7-9,12H,1-6,11H2. The molecular formula is C10H18N2. The van der Waals surface area contributed by atoms with Gasteiger partial charge in [-0.05, 0) is 62.1 Å². The van der Waals surface area contributed by atoms with Gasteiger partial charge in [-0.1, -0.05) is 0 Å². The molecule has 0 aromatic heterocycles. The van der Waals surface area contributed by atoms with Crippen molar-refractivity contribution in [3.8, 4) is 0 Å². The van der Waals surface area contributed by atoms with Gasteiger partial charge in [0.25, 0.3) is 0 Å². The molecule has 0 aromatic rings. The van der Waals surface area contributed by atoms with Crippen LogP contribution in [0.25, 0.3) is 0 Å². The monoisotopic (exact) mass is 166 g/mol. The molecule has 2 bridgehead atoms. The molecule has 2 saturated carbocycles. The quantitative estimate of drug-likeness (QED) is 0.598. The summed E-state index contributed by atoms with van der Waals surface area (Å²) in [6.45, 7) is 3.46. The van der Waals surface area contributed by atoms with E-state index in [0.717, 1.165) is 24.3 Å². The topological polar surface area (TPSA) is 38.0 Å². The van der Waals surface area contributed by atoms with Gasteiger partial charge in [0.1, 0.15) is 0 Å². The maximum atomic E-state index is 5.93. The molecule has 1 saturated heterocycles. The van der Waals surface area contributed by atoms with Crippen LogP contribution in [0.5, 0.6) is 0 Å². The number of nitrogens with one attached hydrogen (secondary N) is 1. The smallest absolute Gasteiger partial charge is 0.00114 e. The molecule has 1 aliphatic heterocycles. The largest absolute Gasteiger partial charge is 0.330 e. The molecule has 3 N–H and O–H groups in total. The van der Waals surface area contributed by atoms with E-state index in [1.807, 2.05) is 0 Å². The zero-order chi connectivity index (χ0) is 8.18. The number of nitrogens with two attached hydrogens (primary N) is 1. The summed E-state index contributed by atoms with van der Waals surface area (Å²) in [4.78, 5) is 0. The predicted octanol–water partition coefficient (Wildman–Crippen LogP) is 0.581. The minimum absolute atomic E-state index is 0.568. The second-order valence-corrected chi connectivity index (χ2v) is 5.00. The van der Waals surface area contributed by atoms with Gasteiger partial charge < -0.3 is 11.1 Å². The molecule has 3 fully saturated rings. The van der Waals surface area contributed by atoms with Crippen LogP contribution >= 0.6 is 0 Å². The summed E-state index contributed by atoms with van der Waals surface area (Å²) in [7, 11) is 0. The molecule has 68 valence electrons. The maximum absolute atomic E-state index is 5.93. The van der Waals surface area contributed by atoms with Crippen LogP contribution in [0.2, 0.25) is 0 Å². The molecule has 1 heterocycles. The van der Waals surface area contributed by atoms with Gasteiger partial charge in [0, 0.05) is 0 Å². The Morgan fingerprint density at radius 3 is 3.17 bits per heavy atom. The van der Waals surface area contributed by atoms with Crippen molar-refractivity contribution < 1.29 is 0 Å². The third kappa shape index (κ3) is 0.686. The highest BCUT2D eigenvalue weighted by Gasteiger charge is 2.57. The Labute approximate surface area is 73.9 Å². The Balaban J connectivity index is 1.95. The molecule has 0 radical (unpaired) electrons. The highest BCUT2D eigenvalue weighted by molar-refractivity contribution is 5.09. The van der Waals surface area contributed by atoms with E-state index >= 15 is 0 Å². The van der Waals surface area contributed by atoms with E-state index in [1.165, 1.54) is 32.4 Å². The van der Waals surface area contributed by atoms with Crippen LogP contribution in [0, 0.1) is 23.2 Å². The summed E-state index contributed by atoms with van der Waals surface area (Å²) in [6.07, 6.45) is 4.32. The van der Waals surface area contributed by atoms with Crippen LogP contribution < -0.4 is 11.1 Å². The number of rotatable bonds is 1. The van der Waals surface area contributed by atoms with Crippen LogP contribution in [0.3, 0.4) is 0 Å². The lowest BCUT2D eigenvalue weighted by Gasteiger charge is -2.34. The minimum atomic E-state index is 0.568. The Morgan fingerprint density at radius 1 is 1.42 bits per heavy atom. The van der Waals surface area contributed by atoms with Crippen molar-refractivity contribution in [2.75, 3.05) is 19.6 Å². The van der Waals surface area contributed by atoms with Crippen LogP contribution in [0.4, 0.5) is 0 Å². The molecule has 0 aromatic carbocycles. The molecule has 2 heteroatoms. The van der Waals surface area contributed by atoms with Gasteiger partial charge in [-0.25, -0.2) is 0 Å². The molecule has 3 aliphatic rings. The first-order chi connectivity index (χ1) is 5.86. The Morgan fingerprint density at radius 2 is 2.33 bits per heavy atom. The summed E-state index contributed by atoms with van der Waals surface area (Å²) in [5.41, 5.74) is 6.50. The van der Waals surface area contributed by atoms with Crippen LogP contribution in [0.15, 0.2) is 0 Å². The first-order valence-corrected chi connectivity index (χ1v) is 5.26. The zero-order valence-corrected chi connectivity index (χ0v) is 7.55. The van der Waals surface area contributed by atoms with Crippen molar-refractivity contribution in [2.45, 2.75) is 19.3 Å². The van der Waals surface area contributed by atoms with Gasteiger partial charge in [-0.3, -0.25) is 0 Å². The fourth-order valence-corrected chi connectivity index (χ4v) is 4.10. The van der Waals surface area contributed by atoms with Gasteiger partial charge in [0.05, 0.1) is 0 Å². The lowest BCUT2D eigenvalue weighted by molar-refractivity contribution is 0.176. The van der Waals surface area contributed by atoms with Crippen molar-refractivity contribution in [1.29, 1.82) is 0 Å². The van der Waals surface area contributed by atoms with E-state index in [4.69, 9.17) is 5.73 Å². The molecule has 3 rings (SSSR count). The molecular weight excluding hydrogens is 148 g/mol. The number of hydrogen-bond acceptors (Lipinski definition) is 2. The van der Waals surface area contributed by atoms with E-state index in [1.54, 1.807) is 0 Å². The normalized spacial score (nSPS) is 56.2. The maximum Gasteiger partial charge on any atom is -0.00114 e. The highest BCUT2D eigenvalue weighted by atomic mass is 15.0. The third-order valence-electron chi connectivity index (χ3n) is 4.74. The average molecular weight is 166 g/mol.